The van der Waals surface area contributed by atoms with Gasteiger partial charge in [-0.05, 0) is 69.4 Å². The van der Waals surface area contributed by atoms with Gasteiger partial charge >= 0.3 is 0 Å². The zero-order valence-corrected chi connectivity index (χ0v) is 17.0. The largest absolute Gasteiger partial charge is 0.378 e. The number of amides is 1. The number of piperidine rings is 1. The molecule has 1 amide bonds. The zero-order chi connectivity index (χ0) is 19.5. The van der Waals surface area contributed by atoms with E-state index in [-0.39, 0.29) is 17.8 Å². The van der Waals surface area contributed by atoms with Crippen molar-refractivity contribution in [1.29, 1.82) is 0 Å². The Kier molecular flexibility index (Phi) is 9.78. The van der Waals surface area contributed by atoms with Crippen molar-refractivity contribution in [3.8, 4) is 0 Å². The monoisotopic (exact) mass is 378 g/mol. The molecule has 1 aromatic carbocycles. The third kappa shape index (κ3) is 7.97. The minimum atomic E-state index is -0.266. The average molecular weight is 379 g/mol. The molecule has 1 aromatic rings. The molecule has 4 nitrogen and oxygen atoms in total. The van der Waals surface area contributed by atoms with Crippen LogP contribution in [0.5, 0.6) is 0 Å². The Morgan fingerprint density at radius 3 is 2.41 bits per heavy atom. The number of unbranched alkanes of at least 4 members (excludes halogenated alkanes) is 2. The molecule has 27 heavy (non-hydrogen) atoms. The van der Waals surface area contributed by atoms with E-state index in [4.69, 9.17) is 4.74 Å². The second-order valence-corrected chi connectivity index (χ2v) is 7.34. The molecular formula is C22H35FN2O2. The van der Waals surface area contributed by atoms with Gasteiger partial charge in [-0.1, -0.05) is 26.0 Å². The Hall–Kier alpha value is -1.46. The summed E-state index contributed by atoms with van der Waals surface area (Å²) in [4.78, 5) is 16.8. The predicted molar refractivity (Wildman–Crippen MR) is 107 cm³/mol. The molecule has 0 aromatic heterocycles. The average Bonchev–Trinajstić information content (AvgIpc) is 2.69. The fourth-order valence-electron chi connectivity index (χ4n) is 3.56. The lowest BCUT2D eigenvalue weighted by molar-refractivity contribution is -0.133. The van der Waals surface area contributed by atoms with E-state index in [1.807, 2.05) is 4.90 Å². The first-order valence-electron chi connectivity index (χ1n) is 10.5. The van der Waals surface area contributed by atoms with Crippen LogP contribution in [0, 0.1) is 5.82 Å². The van der Waals surface area contributed by atoms with Crippen molar-refractivity contribution < 1.29 is 13.9 Å². The Labute approximate surface area is 163 Å². The van der Waals surface area contributed by atoms with Crippen molar-refractivity contribution in [1.82, 2.24) is 9.80 Å². The van der Waals surface area contributed by atoms with Crippen LogP contribution in [0.4, 0.5) is 4.39 Å². The number of halogens is 1. The molecule has 0 unspecified atom stereocenters. The third-order valence-corrected chi connectivity index (χ3v) is 5.43. The first kappa shape index (κ1) is 21.8. The molecule has 2 rings (SSSR count). The van der Waals surface area contributed by atoms with Gasteiger partial charge in [-0.15, -0.1) is 0 Å². The summed E-state index contributed by atoms with van der Waals surface area (Å²) >= 11 is 0. The second kappa shape index (κ2) is 12.1. The smallest absolute Gasteiger partial charge is 0.226 e. The fraction of sp³-hybridized carbons (Fsp3) is 0.682. The van der Waals surface area contributed by atoms with Gasteiger partial charge < -0.3 is 14.5 Å². The summed E-state index contributed by atoms with van der Waals surface area (Å²) in [7, 11) is 0. The van der Waals surface area contributed by atoms with Gasteiger partial charge in [-0.2, -0.15) is 0 Å². The maximum atomic E-state index is 12.9. The number of carbonyl (C=O) groups excluding carboxylic acids is 1. The Balaban J connectivity index is 1.56. The molecule has 0 aliphatic carbocycles. The topological polar surface area (TPSA) is 32.8 Å². The lowest BCUT2D eigenvalue weighted by Crippen LogP contribution is -2.41. The van der Waals surface area contributed by atoms with Crippen LogP contribution < -0.4 is 0 Å². The third-order valence-electron chi connectivity index (χ3n) is 5.43. The maximum absolute atomic E-state index is 12.9. The van der Waals surface area contributed by atoms with E-state index >= 15 is 0 Å². The molecule has 1 aliphatic heterocycles. The summed E-state index contributed by atoms with van der Waals surface area (Å²) in [6, 6.07) is 6.18. The van der Waals surface area contributed by atoms with Crippen molar-refractivity contribution in [3.05, 3.63) is 35.6 Å². The molecule has 0 spiro atoms. The van der Waals surface area contributed by atoms with Crippen LogP contribution in [0.2, 0.25) is 0 Å². The number of carbonyl (C=O) groups is 1. The Morgan fingerprint density at radius 2 is 1.78 bits per heavy atom. The number of rotatable bonds is 11. The van der Waals surface area contributed by atoms with Crippen molar-refractivity contribution >= 4 is 5.91 Å². The van der Waals surface area contributed by atoms with Crippen LogP contribution in [0.1, 0.15) is 51.5 Å². The molecule has 0 saturated carbocycles. The van der Waals surface area contributed by atoms with Crippen LogP contribution in [0.3, 0.4) is 0 Å². The van der Waals surface area contributed by atoms with Gasteiger partial charge in [0.2, 0.25) is 5.91 Å². The van der Waals surface area contributed by atoms with E-state index in [0.717, 1.165) is 57.6 Å². The lowest BCUT2D eigenvalue weighted by Gasteiger charge is -2.32. The molecule has 1 aliphatic rings. The quantitative estimate of drug-likeness (QED) is 0.548. The van der Waals surface area contributed by atoms with Gasteiger partial charge in [0.1, 0.15) is 5.82 Å². The van der Waals surface area contributed by atoms with E-state index in [9.17, 15) is 9.18 Å². The summed E-state index contributed by atoms with van der Waals surface area (Å²) in [6.45, 7) is 10.2. The molecular weight excluding hydrogens is 343 g/mol. The highest BCUT2D eigenvalue weighted by atomic mass is 19.1. The van der Waals surface area contributed by atoms with Gasteiger partial charge in [0.05, 0.1) is 12.5 Å². The summed E-state index contributed by atoms with van der Waals surface area (Å²) in [6.07, 6.45) is 6.02. The maximum Gasteiger partial charge on any atom is 0.226 e. The van der Waals surface area contributed by atoms with Crippen molar-refractivity contribution in [2.45, 2.75) is 58.5 Å². The lowest BCUT2D eigenvalue weighted by atomic mass is 10.1. The molecule has 0 atom stereocenters. The summed E-state index contributed by atoms with van der Waals surface area (Å²) in [5, 5.41) is 0. The Morgan fingerprint density at radius 1 is 1.11 bits per heavy atom. The minimum Gasteiger partial charge on any atom is -0.378 e. The van der Waals surface area contributed by atoms with E-state index < -0.39 is 0 Å². The standard InChI is InChI=1S/C22H35FN2O2/c1-3-24(4-2)14-6-5-7-17-27-21-12-15-25(16-13-21)22(26)18-19-8-10-20(23)11-9-19/h8-11,21H,3-7,12-18H2,1-2H3. The summed E-state index contributed by atoms with van der Waals surface area (Å²) in [5.41, 5.74) is 0.865. The van der Waals surface area contributed by atoms with Crippen LogP contribution in [0.15, 0.2) is 24.3 Å². The molecule has 0 radical (unpaired) electrons. The summed E-state index contributed by atoms with van der Waals surface area (Å²) in [5.74, 6) is -0.145. The second-order valence-electron chi connectivity index (χ2n) is 7.34. The van der Waals surface area contributed by atoms with Crippen LogP contribution in [-0.2, 0) is 16.0 Å². The van der Waals surface area contributed by atoms with Gasteiger partial charge in [-0.25, -0.2) is 4.39 Å². The number of benzene rings is 1. The molecule has 5 heteroatoms. The fourth-order valence-corrected chi connectivity index (χ4v) is 3.56. The number of hydrogen-bond donors (Lipinski definition) is 0. The molecule has 1 fully saturated rings. The van der Waals surface area contributed by atoms with E-state index in [0.29, 0.717) is 6.42 Å². The van der Waals surface area contributed by atoms with E-state index in [1.54, 1.807) is 12.1 Å². The number of nitrogens with zero attached hydrogens (tertiary/aromatic N) is 2. The van der Waals surface area contributed by atoms with Crippen LogP contribution in [-0.4, -0.2) is 61.1 Å². The molecule has 1 heterocycles. The number of hydrogen-bond acceptors (Lipinski definition) is 3. The highest BCUT2D eigenvalue weighted by molar-refractivity contribution is 5.78. The first-order valence-corrected chi connectivity index (χ1v) is 10.5. The van der Waals surface area contributed by atoms with E-state index in [2.05, 4.69) is 18.7 Å². The van der Waals surface area contributed by atoms with Crippen molar-refractivity contribution in [2.24, 2.45) is 0 Å². The normalized spacial score (nSPS) is 15.5. The van der Waals surface area contributed by atoms with Crippen LogP contribution in [0.25, 0.3) is 0 Å². The van der Waals surface area contributed by atoms with E-state index in [1.165, 1.54) is 31.5 Å². The van der Waals surface area contributed by atoms with Gasteiger partial charge in [0, 0.05) is 19.7 Å². The van der Waals surface area contributed by atoms with Crippen LogP contribution >= 0.6 is 0 Å². The molecule has 152 valence electrons. The first-order chi connectivity index (χ1) is 13.1. The van der Waals surface area contributed by atoms with Gasteiger partial charge in [-0.3, -0.25) is 4.79 Å². The molecule has 0 bridgehead atoms. The van der Waals surface area contributed by atoms with Crippen molar-refractivity contribution in [3.63, 3.8) is 0 Å². The van der Waals surface area contributed by atoms with Gasteiger partial charge in [0.25, 0.3) is 0 Å². The van der Waals surface area contributed by atoms with Crippen molar-refractivity contribution in [2.75, 3.05) is 39.3 Å². The molecule has 0 N–H and O–H groups in total. The number of ether oxygens (including phenoxy) is 1. The predicted octanol–water partition coefficient (Wildman–Crippen LogP) is 3.89. The van der Waals surface area contributed by atoms with Gasteiger partial charge in [0.15, 0.2) is 0 Å². The number of likely N-dealkylation sites (tertiary alicyclic amines) is 1. The summed E-state index contributed by atoms with van der Waals surface area (Å²) < 4.78 is 19.0. The Bertz CT molecular complexity index is 538. The zero-order valence-electron chi connectivity index (χ0n) is 17.0. The minimum absolute atomic E-state index is 0.122. The highest BCUT2D eigenvalue weighted by Crippen LogP contribution is 2.16. The highest BCUT2D eigenvalue weighted by Gasteiger charge is 2.23. The molecule has 1 saturated heterocycles. The SMILES string of the molecule is CCN(CC)CCCCCOC1CCN(C(=O)Cc2ccc(F)cc2)CC1.